The average molecular weight is 384 g/mol. The molecule has 28 heavy (non-hydrogen) atoms. The molecule has 0 aliphatic carbocycles. The minimum absolute atomic E-state index is 0.292. The molecule has 2 aromatic carbocycles. The van der Waals surface area contributed by atoms with Crippen molar-refractivity contribution in [3.8, 4) is 11.5 Å². The zero-order valence-corrected chi connectivity index (χ0v) is 16.9. The lowest BCUT2D eigenvalue weighted by atomic mass is 9.91. The molecule has 2 N–H and O–H groups in total. The van der Waals surface area contributed by atoms with Crippen molar-refractivity contribution in [3.05, 3.63) is 59.7 Å². The summed E-state index contributed by atoms with van der Waals surface area (Å²) in [6, 6.07) is 15.1. The second kappa shape index (κ2) is 9.78. The van der Waals surface area contributed by atoms with Crippen LogP contribution in [0.1, 0.15) is 25.0 Å². The molecular weight excluding hydrogens is 356 g/mol. The Morgan fingerprint density at radius 2 is 1.32 bits per heavy atom. The van der Waals surface area contributed by atoms with Crippen molar-refractivity contribution in [2.24, 2.45) is 5.41 Å². The van der Waals surface area contributed by atoms with Crippen molar-refractivity contribution in [3.63, 3.8) is 0 Å². The summed E-state index contributed by atoms with van der Waals surface area (Å²) in [6.45, 7) is 3.94. The van der Waals surface area contributed by atoms with Gasteiger partial charge in [0.1, 0.15) is 16.9 Å². The summed E-state index contributed by atoms with van der Waals surface area (Å²) >= 11 is 0. The van der Waals surface area contributed by atoms with E-state index in [1.165, 1.54) is 0 Å². The first-order chi connectivity index (χ1) is 13.4. The van der Waals surface area contributed by atoms with Crippen LogP contribution >= 0.6 is 0 Å². The van der Waals surface area contributed by atoms with Crippen molar-refractivity contribution in [1.82, 2.24) is 10.6 Å². The minimum Gasteiger partial charge on any atom is -0.496 e. The molecule has 0 saturated carbocycles. The lowest BCUT2D eigenvalue weighted by Crippen LogP contribution is -2.48. The van der Waals surface area contributed by atoms with Gasteiger partial charge in [0.15, 0.2) is 0 Å². The quantitative estimate of drug-likeness (QED) is 0.652. The molecule has 0 bridgehead atoms. The maximum atomic E-state index is 12.6. The number of nitrogens with one attached hydrogen (secondary N) is 2. The van der Waals surface area contributed by atoms with Crippen molar-refractivity contribution in [2.45, 2.75) is 26.8 Å². The smallest absolute Gasteiger partial charge is 0.235 e. The Morgan fingerprint density at radius 1 is 0.821 bits per heavy atom. The van der Waals surface area contributed by atoms with E-state index in [9.17, 15) is 9.59 Å². The molecule has 6 nitrogen and oxygen atoms in total. The number of rotatable bonds is 9. The summed E-state index contributed by atoms with van der Waals surface area (Å²) in [6.07, 6.45) is 0.620. The first-order valence-corrected chi connectivity index (χ1v) is 9.20. The highest BCUT2D eigenvalue weighted by atomic mass is 16.5. The number of methoxy groups -OCH3 is 2. The molecule has 0 spiro atoms. The van der Waals surface area contributed by atoms with Crippen molar-refractivity contribution in [1.29, 1.82) is 0 Å². The maximum absolute atomic E-state index is 12.6. The van der Waals surface area contributed by atoms with Gasteiger partial charge in [0.25, 0.3) is 0 Å². The molecule has 0 aromatic heterocycles. The Labute approximate surface area is 166 Å². The van der Waals surface area contributed by atoms with Crippen molar-refractivity contribution in [2.75, 3.05) is 20.8 Å². The van der Waals surface area contributed by atoms with Crippen LogP contribution in [0.25, 0.3) is 0 Å². The fourth-order valence-electron chi connectivity index (χ4n) is 2.79. The molecule has 0 fully saturated rings. The summed E-state index contributed by atoms with van der Waals surface area (Å²) in [5.74, 6) is 0.820. The van der Waals surface area contributed by atoms with Crippen LogP contribution in [0.5, 0.6) is 11.5 Å². The molecule has 0 atom stereocenters. The van der Waals surface area contributed by atoms with Crippen LogP contribution in [-0.2, 0) is 22.6 Å². The number of benzene rings is 2. The Kier molecular flexibility index (Phi) is 7.44. The van der Waals surface area contributed by atoms with Gasteiger partial charge in [-0.2, -0.15) is 0 Å². The topological polar surface area (TPSA) is 76.7 Å². The number of amides is 2. The predicted octanol–water partition coefficient (Wildman–Crippen LogP) is 2.71. The first-order valence-electron chi connectivity index (χ1n) is 9.20. The number of hydrogen-bond donors (Lipinski definition) is 2. The summed E-state index contributed by atoms with van der Waals surface area (Å²) < 4.78 is 10.6. The molecule has 6 heteroatoms. The third-order valence-corrected chi connectivity index (χ3v) is 4.64. The first kappa shape index (κ1) is 21.3. The fourth-order valence-corrected chi connectivity index (χ4v) is 2.79. The van der Waals surface area contributed by atoms with Crippen LogP contribution in [-0.4, -0.2) is 32.6 Å². The molecule has 2 aromatic rings. The number of para-hydroxylation sites is 2. The Bertz CT molecular complexity index is 818. The monoisotopic (exact) mass is 384 g/mol. The molecule has 150 valence electrons. The summed E-state index contributed by atoms with van der Waals surface area (Å²) in [5.41, 5.74) is 0.664. The highest BCUT2D eigenvalue weighted by molar-refractivity contribution is 6.04. The fraction of sp³-hybridized carbons (Fsp3) is 0.364. The van der Waals surface area contributed by atoms with E-state index >= 15 is 0 Å². The second-order valence-corrected chi connectivity index (χ2v) is 6.94. The number of hydrogen-bond acceptors (Lipinski definition) is 4. The van der Waals surface area contributed by atoms with E-state index in [0.717, 1.165) is 16.9 Å². The van der Waals surface area contributed by atoms with E-state index in [1.807, 2.05) is 48.5 Å². The summed E-state index contributed by atoms with van der Waals surface area (Å²) in [4.78, 5) is 25.1. The van der Waals surface area contributed by atoms with E-state index in [4.69, 9.17) is 9.47 Å². The lowest BCUT2D eigenvalue weighted by molar-refractivity contribution is -0.141. The Hall–Kier alpha value is -3.02. The SMILES string of the molecule is COc1ccccc1CCNC(=O)C(C)(C)C(=O)NCc1ccccc1OC. The summed E-state index contributed by atoms with van der Waals surface area (Å²) in [7, 11) is 3.20. The van der Waals surface area contributed by atoms with Crippen LogP contribution in [0.4, 0.5) is 0 Å². The second-order valence-electron chi connectivity index (χ2n) is 6.94. The van der Waals surface area contributed by atoms with E-state index in [0.29, 0.717) is 25.3 Å². The van der Waals surface area contributed by atoms with Gasteiger partial charge < -0.3 is 20.1 Å². The highest BCUT2D eigenvalue weighted by Crippen LogP contribution is 2.20. The molecule has 0 heterocycles. The largest absolute Gasteiger partial charge is 0.496 e. The van der Waals surface area contributed by atoms with Crippen LogP contribution in [0, 0.1) is 5.41 Å². The molecular formula is C22H28N2O4. The molecule has 2 amide bonds. The predicted molar refractivity (Wildman–Crippen MR) is 108 cm³/mol. The Morgan fingerprint density at radius 3 is 1.93 bits per heavy atom. The third-order valence-electron chi connectivity index (χ3n) is 4.64. The van der Waals surface area contributed by atoms with Crippen LogP contribution in [0.15, 0.2) is 48.5 Å². The van der Waals surface area contributed by atoms with Gasteiger partial charge in [0, 0.05) is 18.7 Å². The van der Waals surface area contributed by atoms with Gasteiger partial charge in [-0.25, -0.2) is 0 Å². The normalized spacial score (nSPS) is 10.9. The van der Waals surface area contributed by atoms with Gasteiger partial charge in [-0.1, -0.05) is 36.4 Å². The van der Waals surface area contributed by atoms with Gasteiger partial charge in [0.05, 0.1) is 14.2 Å². The molecule has 0 aliphatic rings. The average Bonchev–Trinajstić information content (AvgIpc) is 2.72. The Balaban J connectivity index is 1.89. The van der Waals surface area contributed by atoms with E-state index in [2.05, 4.69) is 10.6 Å². The van der Waals surface area contributed by atoms with Crippen molar-refractivity contribution >= 4 is 11.8 Å². The van der Waals surface area contributed by atoms with Gasteiger partial charge in [-0.05, 0) is 38.0 Å². The van der Waals surface area contributed by atoms with Gasteiger partial charge in [0.2, 0.25) is 11.8 Å². The standard InChI is InChI=1S/C22H28N2O4/c1-22(2,21(26)24-15-17-10-6-8-12-19(17)28-4)20(25)23-14-13-16-9-5-7-11-18(16)27-3/h5-12H,13-15H2,1-4H3,(H,23,25)(H,24,26). The van der Waals surface area contributed by atoms with Crippen LogP contribution in [0.3, 0.4) is 0 Å². The zero-order valence-electron chi connectivity index (χ0n) is 16.9. The number of carbonyl (C=O) groups is 2. The van der Waals surface area contributed by atoms with Crippen LogP contribution in [0.2, 0.25) is 0 Å². The molecule has 0 unspecified atom stereocenters. The lowest BCUT2D eigenvalue weighted by Gasteiger charge is -2.23. The molecule has 0 radical (unpaired) electrons. The van der Waals surface area contributed by atoms with E-state index < -0.39 is 5.41 Å². The van der Waals surface area contributed by atoms with Gasteiger partial charge in [-0.3, -0.25) is 9.59 Å². The van der Waals surface area contributed by atoms with Crippen molar-refractivity contribution < 1.29 is 19.1 Å². The van der Waals surface area contributed by atoms with E-state index in [-0.39, 0.29) is 11.8 Å². The van der Waals surface area contributed by atoms with Gasteiger partial charge in [-0.15, -0.1) is 0 Å². The zero-order chi connectivity index (χ0) is 20.6. The number of ether oxygens (including phenoxy) is 2. The van der Waals surface area contributed by atoms with Gasteiger partial charge >= 0.3 is 0 Å². The number of carbonyl (C=O) groups excluding carboxylic acids is 2. The summed E-state index contributed by atoms with van der Waals surface area (Å²) in [5, 5.41) is 5.67. The minimum atomic E-state index is -1.19. The molecule has 0 aliphatic heterocycles. The molecule has 2 rings (SSSR count). The van der Waals surface area contributed by atoms with Crippen LogP contribution < -0.4 is 20.1 Å². The molecule has 0 saturated heterocycles. The third kappa shape index (κ3) is 5.25. The van der Waals surface area contributed by atoms with E-state index in [1.54, 1.807) is 28.1 Å². The highest BCUT2D eigenvalue weighted by Gasteiger charge is 2.35. The maximum Gasteiger partial charge on any atom is 0.235 e.